The molecule has 0 spiro atoms. The monoisotopic (exact) mass is 338 g/mol. The van der Waals surface area contributed by atoms with Crippen molar-refractivity contribution < 1.29 is 4.74 Å². The highest BCUT2D eigenvalue weighted by molar-refractivity contribution is 9.09. The highest BCUT2D eigenvalue weighted by atomic mass is 79.9. The fraction of sp³-hybridized carbons (Fsp3) is 0.625. The third-order valence-electron chi connectivity index (χ3n) is 4.38. The molecule has 0 aromatic heterocycles. The second-order valence-electron chi connectivity index (χ2n) is 5.64. The quantitative estimate of drug-likeness (QED) is 0.783. The predicted octanol–water partition coefficient (Wildman–Crippen LogP) is 2.31. The molecule has 0 aliphatic carbocycles. The summed E-state index contributed by atoms with van der Waals surface area (Å²) >= 11 is 3.52. The third-order valence-corrected chi connectivity index (χ3v) is 4.74. The number of fused-ring (bicyclic) bond motifs is 1. The lowest BCUT2D eigenvalue weighted by Crippen LogP contribution is -2.48. The summed E-state index contributed by atoms with van der Waals surface area (Å²) < 4.78 is 6.02. The number of benzene rings is 1. The van der Waals surface area contributed by atoms with Crippen molar-refractivity contribution >= 4 is 15.9 Å². The van der Waals surface area contributed by atoms with Crippen LogP contribution in [0.2, 0.25) is 0 Å². The molecule has 2 heterocycles. The van der Waals surface area contributed by atoms with Crippen LogP contribution in [0.25, 0.3) is 0 Å². The zero-order valence-electron chi connectivity index (χ0n) is 11.9. The van der Waals surface area contributed by atoms with E-state index in [1.54, 1.807) is 0 Å². The lowest BCUT2D eigenvalue weighted by molar-refractivity contribution is 0.00513. The lowest BCUT2D eigenvalue weighted by Gasteiger charge is -2.37. The summed E-state index contributed by atoms with van der Waals surface area (Å²) in [5.74, 6) is 0. The molecule has 3 rings (SSSR count). The van der Waals surface area contributed by atoms with Gasteiger partial charge in [0.05, 0.1) is 12.7 Å². The first-order valence-corrected chi connectivity index (χ1v) is 8.69. The van der Waals surface area contributed by atoms with Crippen LogP contribution in [0, 0.1) is 0 Å². The van der Waals surface area contributed by atoms with Gasteiger partial charge in [-0.05, 0) is 17.5 Å². The Balaban J connectivity index is 1.57. The largest absolute Gasteiger partial charge is 0.372 e. The van der Waals surface area contributed by atoms with E-state index in [9.17, 15) is 0 Å². The standard InChI is InChI=1S/C16H23BrN2O/c17-6-7-18-8-10-19(11-9-18)13-16-15-4-2-1-3-14(15)5-12-20-16/h1-4,16H,5-13H2. The van der Waals surface area contributed by atoms with E-state index in [0.717, 1.165) is 44.5 Å². The molecule has 4 heteroatoms. The van der Waals surface area contributed by atoms with Crippen LogP contribution >= 0.6 is 15.9 Å². The van der Waals surface area contributed by atoms with Crippen molar-refractivity contribution in [2.24, 2.45) is 0 Å². The van der Waals surface area contributed by atoms with E-state index in [4.69, 9.17) is 4.74 Å². The van der Waals surface area contributed by atoms with Crippen molar-refractivity contribution in [3.05, 3.63) is 35.4 Å². The Morgan fingerprint density at radius 1 is 1.10 bits per heavy atom. The number of alkyl halides is 1. The molecular formula is C16H23BrN2O. The summed E-state index contributed by atoms with van der Waals surface area (Å²) in [5, 5.41) is 1.08. The van der Waals surface area contributed by atoms with Crippen LogP contribution in [0.3, 0.4) is 0 Å². The zero-order chi connectivity index (χ0) is 13.8. The van der Waals surface area contributed by atoms with E-state index in [2.05, 4.69) is 50.0 Å². The minimum atomic E-state index is 0.266. The maximum absolute atomic E-state index is 6.02. The van der Waals surface area contributed by atoms with Crippen LogP contribution in [0.5, 0.6) is 0 Å². The lowest BCUT2D eigenvalue weighted by atomic mass is 9.97. The molecule has 1 unspecified atom stereocenters. The summed E-state index contributed by atoms with van der Waals surface area (Å²) in [4.78, 5) is 5.08. The molecule has 1 aromatic rings. The van der Waals surface area contributed by atoms with Crippen LogP contribution in [0.15, 0.2) is 24.3 Å². The molecule has 0 bridgehead atoms. The van der Waals surface area contributed by atoms with Gasteiger partial charge in [0.1, 0.15) is 0 Å². The number of nitrogens with zero attached hydrogens (tertiary/aromatic N) is 2. The molecule has 0 N–H and O–H groups in total. The second-order valence-corrected chi connectivity index (χ2v) is 6.43. The number of halogens is 1. The van der Waals surface area contributed by atoms with E-state index < -0.39 is 0 Å². The first-order valence-electron chi connectivity index (χ1n) is 7.57. The minimum Gasteiger partial charge on any atom is -0.372 e. The van der Waals surface area contributed by atoms with Gasteiger partial charge in [-0.2, -0.15) is 0 Å². The van der Waals surface area contributed by atoms with Gasteiger partial charge in [-0.1, -0.05) is 40.2 Å². The van der Waals surface area contributed by atoms with Crippen molar-refractivity contribution in [2.45, 2.75) is 12.5 Å². The average molecular weight is 339 g/mol. The molecule has 0 saturated carbocycles. The fourth-order valence-corrected chi connectivity index (χ4v) is 3.68. The Bertz CT molecular complexity index is 432. The molecular weight excluding hydrogens is 316 g/mol. The van der Waals surface area contributed by atoms with E-state index in [-0.39, 0.29) is 6.10 Å². The summed E-state index contributed by atoms with van der Waals surface area (Å²) in [6.45, 7) is 7.75. The molecule has 2 aliphatic rings. The summed E-state index contributed by atoms with van der Waals surface area (Å²) in [7, 11) is 0. The first-order chi connectivity index (χ1) is 9.86. The van der Waals surface area contributed by atoms with Crippen LogP contribution < -0.4 is 0 Å². The van der Waals surface area contributed by atoms with Gasteiger partial charge in [-0.15, -0.1) is 0 Å². The molecule has 3 nitrogen and oxygen atoms in total. The van der Waals surface area contributed by atoms with Gasteiger partial charge in [0.15, 0.2) is 0 Å². The van der Waals surface area contributed by atoms with Gasteiger partial charge in [-0.25, -0.2) is 0 Å². The number of piperazine rings is 1. The molecule has 1 fully saturated rings. The van der Waals surface area contributed by atoms with E-state index >= 15 is 0 Å². The Morgan fingerprint density at radius 2 is 1.85 bits per heavy atom. The normalized spacial score (nSPS) is 24.6. The first kappa shape index (κ1) is 14.5. The summed E-state index contributed by atoms with van der Waals surface area (Å²) in [6, 6.07) is 8.76. The third kappa shape index (κ3) is 3.42. The van der Waals surface area contributed by atoms with Gasteiger partial charge >= 0.3 is 0 Å². The van der Waals surface area contributed by atoms with Gasteiger partial charge in [0, 0.05) is 44.6 Å². The molecule has 0 radical (unpaired) electrons. The Kier molecular flexibility index (Phi) is 5.10. The summed E-state index contributed by atoms with van der Waals surface area (Å²) in [6.07, 6.45) is 1.33. The molecule has 1 saturated heterocycles. The van der Waals surface area contributed by atoms with Gasteiger partial charge in [0.2, 0.25) is 0 Å². The Labute approximate surface area is 130 Å². The van der Waals surface area contributed by atoms with Gasteiger partial charge in [-0.3, -0.25) is 9.80 Å². The molecule has 1 aromatic carbocycles. The Hall–Kier alpha value is -0.420. The van der Waals surface area contributed by atoms with E-state index in [0.29, 0.717) is 0 Å². The van der Waals surface area contributed by atoms with Crippen LogP contribution in [0.1, 0.15) is 17.2 Å². The van der Waals surface area contributed by atoms with Crippen molar-refractivity contribution in [3.8, 4) is 0 Å². The number of hydrogen-bond donors (Lipinski definition) is 0. The van der Waals surface area contributed by atoms with Crippen LogP contribution in [-0.4, -0.2) is 61.0 Å². The van der Waals surface area contributed by atoms with Crippen LogP contribution in [-0.2, 0) is 11.2 Å². The SMILES string of the molecule is BrCCN1CCN(CC2OCCc3ccccc32)CC1. The predicted molar refractivity (Wildman–Crippen MR) is 85.5 cm³/mol. The topological polar surface area (TPSA) is 15.7 Å². The molecule has 1 atom stereocenters. The smallest absolute Gasteiger partial charge is 0.0954 e. The molecule has 20 heavy (non-hydrogen) atoms. The summed E-state index contributed by atoms with van der Waals surface area (Å²) in [5.41, 5.74) is 2.88. The van der Waals surface area contributed by atoms with Gasteiger partial charge in [0.25, 0.3) is 0 Å². The zero-order valence-corrected chi connectivity index (χ0v) is 13.5. The maximum Gasteiger partial charge on any atom is 0.0954 e. The highest BCUT2D eigenvalue weighted by Gasteiger charge is 2.24. The van der Waals surface area contributed by atoms with Crippen molar-refractivity contribution in [2.75, 3.05) is 51.2 Å². The number of ether oxygens (including phenoxy) is 1. The van der Waals surface area contributed by atoms with Crippen molar-refractivity contribution in [3.63, 3.8) is 0 Å². The van der Waals surface area contributed by atoms with Crippen LogP contribution in [0.4, 0.5) is 0 Å². The molecule has 0 amide bonds. The van der Waals surface area contributed by atoms with Gasteiger partial charge < -0.3 is 4.74 Å². The van der Waals surface area contributed by atoms with E-state index in [1.807, 2.05) is 0 Å². The van der Waals surface area contributed by atoms with E-state index in [1.165, 1.54) is 24.2 Å². The van der Waals surface area contributed by atoms with Crippen molar-refractivity contribution in [1.29, 1.82) is 0 Å². The highest BCUT2D eigenvalue weighted by Crippen LogP contribution is 2.27. The maximum atomic E-state index is 6.02. The second kappa shape index (κ2) is 7.03. The van der Waals surface area contributed by atoms with Crippen molar-refractivity contribution in [1.82, 2.24) is 9.80 Å². The Morgan fingerprint density at radius 3 is 2.65 bits per heavy atom. The fourth-order valence-electron chi connectivity index (χ4n) is 3.18. The molecule has 110 valence electrons. The average Bonchev–Trinajstić information content (AvgIpc) is 2.50. The number of hydrogen-bond acceptors (Lipinski definition) is 3. The minimum absolute atomic E-state index is 0.266. The molecule has 2 aliphatic heterocycles. The number of rotatable bonds is 4.